The first-order chi connectivity index (χ1) is 13.4. The number of rotatable bonds is 7. The molecular weight excluding hydrogens is 392 g/mol. The minimum atomic E-state index is -0.0276. The summed E-state index contributed by atoms with van der Waals surface area (Å²) in [6.45, 7) is 6.61. The van der Waals surface area contributed by atoms with Crippen LogP contribution in [0.25, 0.3) is 5.69 Å². The molecule has 0 unspecified atom stereocenters. The predicted molar refractivity (Wildman–Crippen MR) is 114 cm³/mol. The van der Waals surface area contributed by atoms with E-state index >= 15 is 0 Å². The lowest BCUT2D eigenvalue weighted by molar-refractivity contribution is -0.118. The molecule has 0 bridgehead atoms. The van der Waals surface area contributed by atoms with E-state index in [1.54, 1.807) is 0 Å². The van der Waals surface area contributed by atoms with E-state index in [-0.39, 0.29) is 5.91 Å². The molecule has 1 N–H and O–H groups in total. The zero-order chi connectivity index (χ0) is 20.1. The lowest BCUT2D eigenvalue weighted by atomic mass is 10.1. The van der Waals surface area contributed by atoms with Gasteiger partial charge in [-0.3, -0.25) is 9.36 Å². The molecule has 3 rings (SSSR count). The van der Waals surface area contributed by atoms with Crippen molar-refractivity contribution in [3.05, 3.63) is 70.0 Å². The summed E-state index contributed by atoms with van der Waals surface area (Å²) < 4.78 is 2.01. The van der Waals surface area contributed by atoms with Gasteiger partial charge in [0.05, 0.1) is 11.4 Å². The molecule has 0 atom stereocenters. The number of aromatic nitrogens is 3. The summed E-state index contributed by atoms with van der Waals surface area (Å²) in [5.74, 6) is 1.07. The van der Waals surface area contributed by atoms with Crippen molar-refractivity contribution in [2.75, 3.05) is 12.3 Å². The topological polar surface area (TPSA) is 59.8 Å². The summed E-state index contributed by atoms with van der Waals surface area (Å²) in [6, 6.07) is 14.0. The van der Waals surface area contributed by atoms with Gasteiger partial charge in [0.2, 0.25) is 5.91 Å². The van der Waals surface area contributed by atoms with Crippen molar-refractivity contribution in [1.82, 2.24) is 20.1 Å². The van der Waals surface area contributed by atoms with Gasteiger partial charge in [0.25, 0.3) is 0 Å². The zero-order valence-electron chi connectivity index (χ0n) is 16.2. The quantitative estimate of drug-likeness (QED) is 0.585. The van der Waals surface area contributed by atoms with E-state index in [2.05, 4.69) is 47.6 Å². The SMILES string of the molecule is Cc1ccc(C)c(-n2c(C)nnc2SCC(=O)NCCc2cccc(Cl)c2)c1. The summed E-state index contributed by atoms with van der Waals surface area (Å²) in [5, 5.41) is 12.8. The Bertz CT molecular complexity index is 986. The molecule has 0 aliphatic carbocycles. The molecule has 1 heterocycles. The Morgan fingerprint density at radius 2 is 1.96 bits per heavy atom. The van der Waals surface area contributed by atoms with Crippen molar-refractivity contribution in [2.45, 2.75) is 32.3 Å². The lowest BCUT2D eigenvalue weighted by Gasteiger charge is -2.12. The van der Waals surface area contributed by atoms with Gasteiger partial charge in [0.15, 0.2) is 5.16 Å². The van der Waals surface area contributed by atoms with E-state index in [1.807, 2.05) is 35.8 Å². The molecule has 146 valence electrons. The van der Waals surface area contributed by atoms with Gasteiger partial charge in [-0.1, -0.05) is 47.6 Å². The molecule has 0 aliphatic rings. The third kappa shape index (κ3) is 5.14. The van der Waals surface area contributed by atoms with Crippen LogP contribution in [0.15, 0.2) is 47.6 Å². The van der Waals surface area contributed by atoms with Crippen LogP contribution in [0, 0.1) is 20.8 Å². The number of hydrogen-bond acceptors (Lipinski definition) is 4. The average molecular weight is 415 g/mol. The third-order valence-corrected chi connectivity index (χ3v) is 5.52. The second-order valence-corrected chi connectivity index (χ2v) is 8.05. The third-order valence-electron chi connectivity index (χ3n) is 4.36. The largest absolute Gasteiger partial charge is 0.355 e. The molecule has 0 aliphatic heterocycles. The van der Waals surface area contributed by atoms with E-state index in [1.165, 1.54) is 17.3 Å². The number of nitrogens with one attached hydrogen (secondary N) is 1. The molecule has 3 aromatic rings. The Morgan fingerprint density at radius 3 is 2.75 bits per heavy atom. The van der Waals surface area contributed by atoms with Gasteiger partial charge < -0.3 is 5.32 Å². The number of aryl methyl sites for hydroxylation is 3. The van der Waals surface area contributed by atoms with E-state index in [0.29, 0.717) is 17.3 Å². The van der Waals surface area contributed by atoms with Gasteiger partial charge in [0, 0.05) is 11.6 Å². The molecule has 28 heavy (non-hydrogen) atoms. The van der Waals surface area contributed by atoms with Gasteiger partial charge in [-0.2, -0.15) is 0 Å². The van der Waals surface area contributed by atoms with Crippen LogP contribution in [0.4, 0.5) is 0 Å². The summed E-state index contributed by atoms with van der Waals surface area (Å²) >= 11 is 7.38. The van der Waals surface area contributed by atoms with Crippen molar-refractivity contribution < 1.29 is 4.79 Å². The molecule has 0 saturated heterocycles. The van der Waals surface area contributed by atoms with E-state index in [9.17, 15) is 4.79 Å². The van der Waals surface area contributed by atoms with Crippen LogP contribution >= 0.6 is 23.4 Å². The molecule has 1 amide bonds. The molecular formula is C21H23ClN4OS. The summed E-state index contributed by atoms with van der Waals surface area (Å²) in [4.78, 5) is 12.2. The lowest BCUT2D eigenvalue weighted by Crippen LogP contribution is -2.27. The minimum Gasteiger partial charge on any atom is -0.355 e. The maximum atomic E-state index is 12.2. The maximum absolute atomic E-state index is 12.2. The van der Waals surface area contributed by atoms with Gasteiger partial charge in [-0.15, -0.1) is 10.2 Å². The smallest absolute Gasteiger partial charge is 0.230 e. The number of hydrogen-bond donors (Lipinski definition) is 1. The number of nitrogens with zero attached hydrogens (tertiary/aromatic N) is 3. The first kappa shape index (κ1) is 20.4. The molecule has 0 radical (unpaired) electrons. The van der Waals surface area contributed by atoms with E-state index in [4.69, 9.17) is 11.6 Å². The maximum Gasteiger partial charge on any atom is 0.230 e. The Hall–Kier alpha value is -2.31. The normalized spacial score (nSPS) is 10.9. The number of amides is 1. The van der Waals surface area contributed by atoms with Crippen LogP contribution in [0.1, 0.15) is 22.5 Å². The first-order valence-electron chi connectivity index (χ1n) is 9.07. The van der Waals surface area contributed by atoms with Gasteiger partial charge >= 0.3 is 0 Å². The monoisotopic (exact) mass is 414 g/mol. The number of carbonyl (C=O) groups excluding carboxylic acids is 1. The molecule has 0 fully saturated rings. The van der Waals surface area contributed by atoms with Crippen LogP contribution in [-0.2, 0) is 11.2 Å². The van der Waals surface area contributed by atoms with Gasteiger partial charge in [-0.05, 0) is 62.1 Å². The Labute approximate surface area is 174 Å². The molecule has 1 aromatic heterocycles. The van der Waals surface area contributed by atoms with Gasteiger partial charge in [0.1, 0.15) is 5.82 Å². The van der Waals surface area contributed by atoms with Crippen LogP contribution in [0.3, 0.4) is 0 Å². The summed E-state index contributed by atoms with van der Waals surface area (Å²) in [7, 11) is 0. The second-order valence-electron chi connectivity index (χ2n) is 6.67. The highest BCUT2D eigenvalue weighted by Crippen LogP contribution is 2.24. The molecule has 2 aromatic carbocycles. The second kappa shape index (κ2) is 9.26. The fourth-order valence-electron chi connectivity index (χ4n) is 2.89. The standard InChI is InChI=1S/C21H23ClN4OS/c1-14-7-8-15(2)19(11-14)26-16(3)24-25-21(26)28-13-20(27)23-10-9-17-5-4-6-18(22)12-17/h4-8,11-12H,9-10,13H2,1-3H3,(H,23,27). The van der Waals surface area contributed by atoms with Crippen molar-refractivity contribution in [2.24, 2.45) is 0 Å². The van der Waals surface area contributed by atoms with Crippen molar-refractivity contribution in [1.29, 1.82) is 0 Å². The van der Waals surface area contributed by atoms with E-state index < -0.39 is 0 Å². The number of benzene rings is 2. The highest BCUT2D eigenvalue weighted by molar-refractivity contribution is 7.99. The van der Waals surface area contributed by atoms with Crippen LogP contribution < -0.4 is 5.32 Å². The number of thioether (sulfide) groups is 1. The average Bonchev–Trinajstić information content (AvgIpc) is 3.02. The highest BCUT2D eigenvalue weighted by Gasteiger charge is 2.15. The molecule has 5 nitrogen and oxygen atoms in total. The molecule has 0 saturated carbocycles. The number of halogens is 1. The van der Waals surface area contributed by atoms with Gasteiger partial charge in [-0.25, -0.2) is 0 Å². The fraction of sp³-hybridized carbons (Fsp3) is 0.286. The van der Waals surface area contributed by atoms with Crippen LogP contribution in [0.5, 0.6) is 0 Å². The van der Waals surface area contributed by atoms with Crippen molar-refractivity contribution in [3.8, 4) is 5.69 Å². The Morgan fingerprint density at radius 1 is 1.14 bits per heavy atom. The van der Waals surface area contributed by atoms with Crippen LogP contribution in [0.2, 0.25) is 5.02 Å². The first-order valence-corrected chi connectivity index (χ1v) is 10.4. The Balaban J connectivity index is 1.59. The van der Waals surface area contributed by atoms with Crippen molar-refractivity contribution in [3.63, 3.8) is 0 Å². The summed E-state index contributed by atoms with van der Waals surface area (Å²) in [5.41, 5.74) is 4.46. The molecule has 0 spiro atoms. The van der Waals surface area contributed by atoms with E-state index in [0.717, 1.165) is 34.2 Å². The number of carbonyl (C=O) groups is 1. The minimum absolute atomic E-state index is 0.0276. The van der Waals surface area contributed by atoms with Crippen molar-refractivity contribution >= 4 is 29.3 Å². The zero-order valence-corrected chi connectivity index (χ0v) is 17.8. The fourth-order valence-corrected chi connectivity index (χ4v) is 3.93. The predicted octanol–water partition coefficient (Wildman–Crippen LogP) is 4.30. The summed E-state index contributed by atoms with van der Waals surface area (Å²) in [6.07, 6.45) is 0.745. The molecule has 7 heteroatoms. The van der Waals surface area contributed by atoms with Crippen LogP contribution in [-0.4, -0.2) is 33.0 Å². The Kier molecular flexibility index (Phi) is 6.75. The highest BCUT2D eigenvalue weighted by atomic mass is 35.5.